The number of carbonyl (C=O) groups excluding carboxylic acids is 2. The fourth-order valence-electron chi connectivity index (χ4n) is 1.72. The Morgan fingerprint density at radius 2 is 1.52 bits per heavy atom. The molecule has 0 fully saturated rings. The minimum absolute atomic E-state index is 0.0324. The lowest BCUT2D eigenvalue weighted by atomic mass is 9.91. The molecule has 0 aliphatic heterocycles. The van der Waals surface area contributed by atoms with Gasteiger partial charge in [0, 0.05) is 0 Å². The number of carbonyl (C=O) groups is 2. The first kappa shape index (κ1) is 22.5. The molecule has 0 aliphatic carbocycles. The average molecular weight is 378 g/mol. The van der Waals surface area contributed by atoms with Crippen LogP contribution in [0.15, 0.2) is 45.6 Å². The number of hydrogen-bond acceptors (Lipinski definition) is 6. The maximum absolute atomic E-state index is 11.5. The highest BCUT2D eigenvalue weighted by molar-refractivity contribution is 5.75. The average Bonchev–Trinajstić information content (AvgIpc) is 3.37. The van der Waals surface area contributed by atoms with E-state index in [2.05, 4.69) is 0 Å². The predicted molar refractivity (Wildman–Crippen MR) is 101 cm³/mol. The normalized spacial score (nSPS) is 11.9. The number of furan rings is 2. The van der Waals surface area contributed by atoms with Crippen molar-refractivity contribution >= 4 is 11.9 Å². The Bertz CT molecular complexity index is 655. The van der Waals surface area contributed by atoms with Crippen molar-refractivity contribution < 1.29 is 27.9 Å². The van der Waals surface area contributed by atoms with E-state index in [-0.39, 0.29) is 31.1 Å². The van der Waals surface area contributed by atoms with Gasteiger partial charge in [-0.3, -0.25) is 9.59 Å². The molecule has 0 N–H and O–H groups in total. The van der Waals surface area contributed by atoms with Crippen LogP contribution >= 0.6 is 0 Å². The Balaban J connectivity index is 0.000000271. The maximum atomic E-state index is 11.5. The van der Waals surface area contributed by atoms with Crippen LogP contribution < -0.4 is 0 Å². The molecule has 150 valence electrons. The molecule has 2 aromatic heterocycles. The van der Waals surface area contributed by atoms with E-state index in [1.165, 1.54) is 0 Å². The van der Waals surface area contributed by atoms with Crippen molar-refractivity contribution in [2.24, 2.45) is 11.3 Å². The molecule has 0 spiro atoms. The minimum Gasteiger partial charge on any atom is -0.466 e. The zero-order valence-corrected chi connectivity index (χ0v) is 16.8. The Kier molecular flexibility index (Phi) is 9.40. The molecule has 2 aromatic rings. The van der Waals surface area contributed by atoms with Gasteiger partial charge in [0.05, 0.1) is 23.9 Å². The van der Waals surface area contributed by atoms with E-state index in [1.54, 1.807) is 36.8 Å². The summed E-state index contributed by atoms with van der Waals surface area (Å²) in [5, 5.41) is 0. The molecule has 6 heteroatoms. The van der Waals surface area contributed by atoms with E-state index in [1.807, 2.05) is 34.6 Å². The second-order valence-electron chi connectivity index (χ2n) is 6.89. The van der Waals surface area contributed by atoms with Gasteiger partial charge in [0.2, 0.25) is 0 Å². The monoisotopic (exact) mass is 378 g/mol. The van der Waals surface area contributed by atoms with Gasteiger partial charge in [-0.2, -0.15) is 0 Å². The lowest BCUT2D eigenvalue weighted by Gasteiger charge is -2.19. The van der Waals surface area contributed by atoms with Gasteiger partial charge < -0.3 is 18.3 Å². The van der Waals surface area contributed by atoms with Crippen molar-refractivity contribution in [2.45, 2.75) is 60.7 Å². The van der Waals surface area contributed by atoms with E-state index in [0.717, 1.165) is 12.8 Å². The predicted octanol–water partition coefficient (Wildman–Crippen LogP) is 5.13. The molecule has 2 heterocycles. The minimum atomic E-state index is -0.410. The van der Waals surface area contributed by atoms with Gasteiger partial charge in [-0.25, -0.2) is 0 Å². The van der Waals surface area contributed by atoms with Crippen LogP contribution in [-0.2, 0) is 32.3 Å². The SMILES string of the molecule is CCC(C)(C)C(=O)OCc1ccco1.CCC(C)C(=O)OCc1ccco1. The van der Waals surface area contributed by atoms with Crippen LogP contribution in [0.2, 0.25) is 0 Å². The molecule has 27 heavy (non-hydrogen) atoms. The van der Waals surface area contributed by atoms with Gasteiger partial charge in [0.25, 0.3) is 0 Å². The van der Waals surface area contributed by atoms with Crippen LogP contribution in [0.4, 0.5) is 0 Å². The standard InChI is InChI=1S/C11H16O3.C10H14O3/c1-4-11(2,3)10(12)14-8-9-6-5-7-13-9;1-3-8(2)10(11)13-7-9-5-4-6-12-9/h5-7H,4,8H2,1-3H3;4-6,8H,3,7H2,1-2H3. The van der Waals surface area contributed by atoms with Crippen LogP contribution in [0, 0.1) is 11.3 Å². The molecule has 0 aliphatic rings. The molecule has 6 nitrogen and oxygen atoms in total. The third-order valence-electron chi connectivity index (χ3n) is 4.31. The Labute approximate surface area is 160 Å². The summed E-state index contributed by atoms with van der Waals surface area (Å²) < 4.78 is 20.2. The Morgan fingerprint density at radius 3 is 1.93 bits per heavy atom. The number of esters is 2. The third kappa shape index (κ3) is 8.15. The van der Waals surface area contributed by atoms with E-state index < -0.39 is 5.41 Å². The number of ether oxygens (including phenoxy) is 2. The fraction of sp³-hybridized carbons (Fsp3) is 0.524. The zero-order valence-electron chi connectivity index (χ0n) is 16.8. The van der Waals surface area contributed by atoms with Crippen LogP contribution in [-0.4, -0.2) is 11.9 Å². The lowest BCUT2D eigenvalue weighted by molar-refractivity contribution is -0.156. The van der Waals surface area contributed by atoms with Crippen molar-refractivity contribution in [2.75, 3.05) is 0 Å². The summed E-state index contributed by atoms with van der Waals surface area (Å²) in [4.78, 5) is 22.7. The van der Waals surface area contributed by atoms with Crippen LogP contribution in [0.1, 0.15) is 59.0 Å². The van der Waals surface area contributed by atoms with Gasteiger partial charge in [0.15, 0.2) is 0 Å². The van der Waals surface area contributed by atoms with Crippen molar-refractivity contribution in [1.82, 2.24) is 0 Å². The summed E-state index contributed by atoms with van der Waals surface area (Å²) in [6.45, 7) is 9.97. The van der Waals surface area contributed by atoms with Crippen LogP contribution in [0.25, 0.3) is 0 Å². The molecule has 0 radical (unpaired) electrons. The molecular weight excluding hydrogens is 348 g/mol. The topological polar surface area (TPSA) is 78.9 Å². The van der Waals surface area contributed by atoms with E-state index in [0.29, 0.717) is 11.5 Å². The number of rotatable bonds is 8. The first-order chi connectivity index (χ1) is 12.8. The first-order valence-electron chi connectivity index (χ1n) is 9.18. The second kappa shape index (κ2) is 11.3. The zero-order chi connectivity index (χ0) is 20.3. The fourth-order valence-corrected chi connectivity index (χ4v) is 1.72. The van der Waals surface area contributed by atoms with Crippen molar-refractivity contribution in [3.05, 3.63) is 48.3 Å². The molecular formula is C21H30O6. The molecule has 0 saturated heterocycles. The highest BCUT2D eigenvalue weighted by Gasteiger charge is 2.27. The summed E-state index contributed by atoms with van der Waals surface area (Å²) >= 11 is 0. The Hall–Kier alpha value is -2.50. The molecule has 2 rings (SSSR count). The third-order valence-corrected chi connectivity index (χ3v) is 4.31. The van der Waals surface area contributed by atoms with Crippen LogP contribution in [0.5, 0.6) is 0 Å². The highest BCUT2D eigenvalue weighted by atomic mass is 16.5. The largest absolute Gasteiger partial charge is 0.466 e. The summed E-state index contributed by atoms with van der Waals surface area (Å²) in [5.41, 5.74) is -0.410. The van der Waals surface area contributed by atoms with Crippen LogP contribution in [0.3, 0.4) is 0 Å². The van der Waals surface area contributed by atoms with Crippen molar-refractivity contribution in [3.8, 4) is 0 Å². The molecule has 1 atom stereocenters. The highest BCUT2D eigenvalue weighted by Crippen LogP contribution is 2.22. The molecule has 0 aromatic carbocycles. The quantitative estimate of drug-likeness (QED) is 0.593. The first-order valence-corrected chi connectivity index (χ1v) is 9.18. The summed E-state index contributed by atoms with van der Waals surface area (Å²) in [6, 6.07) is 7.11. The van der Waals surface area contributed by atoms with Gasteiger partial charge >= 0.3 is 11.9 Å². The van der Waals surface area contributed by atoms with Crippen molar-refractivity contribution in [3.63, 3.8) is 0 Å². The van der Waals surface area contributed by atoms with E-state index >= 15 is 0 Å². The summed E-state index contributed by atoms with van der Waals surface area (Å²) in [7, 11) is 0. The molecule has 0 bridgehead atoms. The molecule has 0 saturated carbocycles. The second-order valence-corrected chi connectivity index (χ2v) is 6.89. The van der Waals surface area contributed by atoms with Crippen molar-refractivity contribution in [1.29, 1.82) is 0 Å². The maximum Gasteiger partial charge on any atom is 0.311 e. The molecule has 1 unspecified atom stereocenters. The molecule has 0 amide bonds. The summed E-state index contributed by atoms with van der Waals surface area (Å²) in [5.74, 6) is 0.965. The Morgan fingerprint density at radius 1 is 1.00 bits per heavy atom. The van der Waals surface area contributed by atoms with Gasteiger partial charge in [-0.1, -0.05) is 20.8 Å². The summed E-state index contributed by atoms with van der Waals surface area (Å²) in [6.07, 6.45) is 4.70. The van der Waals surface area contributed by atoms with Gasteiger partial charge in [-0.05, 0) is 51.0 Å². The van der Waals surface area contributed by atoms with Gasteiger partial charge in [-0.15, -0.1) is 0 Å². The smallest absolute Gasteiger partial charge is 0.311 e. The lowest BCUT2D eigenvalue weighted by Crippen LogP contribution is -2.25. The van der Waals surface area contributed by atoms with Gasteiger partial charge in [0.1, 0.15) is 24.7 Å². The van der Waals surface area contributed by atoms with E-state index in [9.17, 15) is 9.59 Å². The number of hydrogen-bond donors (Lipinski definition) is 0. The van der Waals surface area contributed by atoms with E-state index in [4.69, 9.17) is 18.3 Å².